The van der Waals surface area contributed by atoms with Crippen LogP contribution in [-0.4, -0.2) is 21.4 Å². The number of nitrogens with one attached hydrogen (secondary N) is 2. The Morgan fingerprint density at radius 1 is 0.935 bits per heavy atom. The molecular weight excluding hydrogens is 412 g/mol. The molecule has 3 aromatic carbocycles. The molecular formula is C24H26N2O4S. The minimum absolute atomic E-state index is 0.107. The predicted octanol–water partition coefficient (Wildman–Crippen LogP) is 4.60. The molecule has 0 aliphatic heterocycles. The zero-order valence-electron chi connectivity index (χ0n) is 18.0. The molecule has 6 nitrogen and oxygen atoms in total. The molecule has 1 amide bonds. The van der Waals surface area contributed by atoms with Crippen molar-refractivity contribution >= 4 is 21.6 Å². The lowest BCUT2D eigenvalue weighted by molar-refractivity contribution is 0.0940. The lowest BCUT2D eigenvalue weighted by Gasteiger charge is -2.16. The van der Waals surface area contributed by atoms with E-state index in [0.29, 0.717) is 22.6 Å². The summed E-state index contributed by atoms with van der Waals surface area (Å²) in [5.41, 5.74) is 3.57. The first kappa shape index (κ1) is 22.4. The van der Waals surface area contributed by atoms with Crippen LogP contribution in [0.5, 0.6) is 5.75 Å². The highest BCUT2D eigenvalue weighted by atomic mass is 32.2. The van der Waals surface area contributed by atoms with Gasteiger partial charge in [-0.2, -0.15) is 0 Å². The number of aryl methyl sites for hydroxylation is 2. The predicted molar refractivity (Wildman–Crippen MR) is 122 cm³/mol. The summed E-state index contributed by atoms with van der Waals surface area (Å²) in [6.45, 7) is 5.69. The van der Waals surface area contributed by atoms with Gasteiger partial charge in [0, 0.05) is 5.56 Å². The van der Waals surface area contributed by atoms with Crippen LogP contribution in [0.1, 0.15) is 40.0 Å². The molecule has 7 heteroatoms. The first-order valence-electron chi connectivity index (χ1n) is 9.84. The number of benzene rings is 3. The van der Waals surface area contributed by atoms with Crippen LogP contribution in [-0.2, 0) is 10.0 Å². The maximum Gasteiger partial charge on any atom is 0.261 e. The normalized spacial score (nSPS) is 12.1. The quantitative estimate of drug-likeness (QED) is 0.564. The lowest BCUT2D eigenvalue weighted by atomic mass is 10.1. The van der Waals surface area contributed by atoms with E-state index >= 15 is 0 Å². The smallest absolute Gasteiger partial charge is 0.261 e. The van der Waals surface area contributed by atoms with Gasteiger partial charge in [0.05, 0.1) is 23.7 Å². The number of anilines is 1. The van der Waals surface area contributed by atoms with Gasteiger partial charge in [-0.05, 0) is 68.3 Å². The summed E-state index contributed by atoms with van der Waals surface area (Å²) in [7, 11) is -2.30. The zero-order chi connectivity index (χ0) is 22.6. The summed E-state index contributed by atoms with van der Waals surface area (Å²) in [4.78, 5) is 12.9. The number of hydrogen-bond donors (Lipinski definition) is 2. The van der Waals surface area contributed by atoms with Crippen LogP contribution < -0.4 is 14.8 Å². The van der Waals surface area contributed by atoms with Crippen molar-refractivity contribution < 1.29 is 17.9 Å². The molecule has 0 aromatic heterocycles. The highest BCUT2D eigenvalue weighted by Gasteiger charge is 2.18. The first-order chi connectivity index (χ1) is 14.7. The molecule has 31 heavy (non-hydrogen) atoms. The van der Waals surface area contributed by atoms with Gasteiger partial charge in [-0.1, -0.05) is 35.9 Å². The molecule has 0 heterocycles. The van der Waals surface area contributed by atoms with Crippen molar-refractivity contribution in [3.05, 3.63) is 89.0 Å². The average Bonchev–Trinajstić information content (AvgIpc) is 2.75. The number of methoxy groups -OCH3 is 1. The summed E-state index contributed by atoms with van der Waals surface area (Å²) in [6.07, 6.45) is 0. The third-order valence-electron chi connectivity index (χ3n) is 5.04. The van der Waals surface area contributed by atoms with E-state index in [9.17, 15) is 13.2 Å². The van der Waals surface area contributed by atoms with Gasteiger partial charge in [0.2, 0.25) is 0 Å². The second-order valence-corrected chi connectivity index (χ2v) is 9.10. The van der Waals surface area contributed by atoms with E-state index in [2.05, 4.69) is 10.0 Å². The Kier molecular flexibility index (Phi) is 6.65. The summed E-state index contributed by atoms with van der Waals surface area (Å²) >= 11 is 0. The largest absolute Gasteiger partial charge is 0.497 e. The molecule has 0 spiro atoms. The van der Waals surface area contributed by atoms with Gasteiger partial charge in [0.25, 0.3) is 15.9 Å². The average molecular weight is 439 g/mol. The van der Waals surface area contributed by atoms with E-state index in [1.807, 2.05) is 38.1 Å². The number of amides is 1. The molecule has 1 atom stereocenters. The van der Waals surface area contributed by atoms with Crippen molar-refractivity contribution in [2.45, 2.75) is 31.7 Å². The Bertz CT molecular complexity index is 1170. The number of rotatable bonds is 7. The molecule has 162 valence electrons. The third-order valence-corrected chi connectivity index (χ3v) is 6.42. The van der Waals surface area contributed by atoms with Gasteiger partial charge in [-0.25, -0.2) is 8.42 Å². The SMILES string of the molecule is COc1ccc(S(=O)(=O)Nc2cc(C(=O)N[C@@H](C)c3ccc(C)cc3)ccc2C)cc1. The second kappa shape index (κ2) is 9.22. The van der Waals surface area contributed by atoms with Crippen LogP contribution in [0.2, 0.25) is 0 Å². The van der Waals surface area contributed by atoms with Crippen molar-refractivity contribution in [1.82, 2.24) is 5.32 Å². The Labute approximate surface area is 183 Å². The Morgan fingerprint density at radius 2 is 1.58 bits per heavy atom. The maximum absolute atomic E-state index is 12.8. The third kappa shape index (κ3) is 5.44. The molecule has 2 N–H and O–H groups in total. The van der Waals surface area contributed by atoms with Crippen LogP contribution in [0.15, 0.2) is 71.6 Å². The number of sulfonamides is 1. The van der Waals surface area contributed by atoms with Crippen LogP contribution in [0.4, 0.5) is 5.69 Å². The molecule has 0 aliphatic rings. The van der Waals surface area contributed by atoms with Crippen LogP contribution in [0.3, 0.4) is 0 Å². The molecule has 3 rings (SSSR count). The lowest BCUT2D eigenvalue weighted by Crippen LogP contribution is -2.26. The molecule has 0 fully saturated rings. The molecule has 3 aromatic rings. The van der Waals surface area contributed by atoms with E-state index in [0.717, 1.165) is 11.1 Å². The van der Waals surface area contributed by atoms with Gasteiger partial charge in [0.1, 0.15) is 5.75 Å². The summed E-state index contributed by atoms with van der Waals surface area (Å²) < 4.78 is 33.2. The summed E-state index contributed by atoms with van der Waals surface area (Å²) in [5.74, 6) is 0.287. The topological polar surface area (TPSA) is 84.5 Å². The highest BCUT2D eigenvalue weighted by molar-refractivity contribution is 7.92. The van der Waals surface area contributed by atoms with E-state index < -0.39 is 10.0 Å². The molecule has 0 aliphatic carbocycles. The van der Waals surface area contributed by atoms with Gasteiger partial charge in [-0.3, -0.25) is 9.52 Å². The van der Waals surface area contributed by atoms with Crippen LogP contribution >= 0.6 is 0 Å². The van der Waals surface area contributed by atoms with Gasteiger partial charge in [0.15, 0.2) is 0 Å². The minimum Gasteiger partial charge on any atom is -0.497 e. The maximum atomic E-state index is 12.8. The van der Waals surface area contributed by atoms with Crippen molar-refractivity contribution in [3.63, 3.8) is 0 Å². The van der Waals surface area contributed by atoms with E-state index in [-0.39, 0.29) is 16.8 Å². The molecule has 0 saturated carbocycles. The van der Waals surface area contributed by atoms with E-state index in [1.165, 1.54) is 19.2 Å². The number of hydrogen-bond acceptors (Lipinski definition) is 4. The van der Waals surface area contributed by atoms with Crippen LogP contribution in [0.25, 0.3) is 0 Å². The Morgan fingerprint density at radius 3 is 2.19 bits per heavy atom. The molecule has 0 saturated heterocycles. The van der Waals surface area contributed by atoms with Crippen molar-refractivity contribution in [2.24, 2.45) is 0 Å². The highest BCUT2D eigenvalue weighted by Crippen LogP contribution is 2.23. The van der Waals surface area contributed by atoms with Gasteiger partial charge >= 0.3 is 0 Å². The van der Waals surface area contributed by atoms with Crippen molar-refractivity contribution in [2.75, 3.05) is 11.8 Å². The fraction of sp³-hybridized carbons (Fsp3) is 0.208. The fourth-order valence-electron chi connectivity index (χ4n) is 3.05. The number of carbonyl (C=O) groups is 1. The van der Waals surface area contributed by atoms with Gasteiger partial charge < -0.3 is 10.1 Å². The Balaban J connectivity index is 1.78. The van der Waals surface area contributed by atoms with Crippen LogP contribution in [0, 0.1) is 13.8 Å². The monoisotopic (exact) mass is 438 g/mol. The van der Waals surface area contributed by atoms with Crippen molar-refractivity contribution in [3.8, 4) is 5.75 Å². The molecule has 0 bridgehead atoms. The number of carbonyl (C=O) groups excluding carboxylic acids is 1. The number of ether oxygens (including phenoxy) is 1. The van der Waals surface area contributed by atoms with Gasteiger partial charge in [-0.15, -0.1) is 0 Å². The zero-order valence-corrected chi connectivity index (χ0v) is 18.8. The fourth-order valence-corrected chi connectivity index (χ4v) is 4.17. The summed E-state index contributed by atoms with van der Waals surface area (Å²) in [6, 6.07) is 18.8. The van der Waals surface area contributed by atoms with Crippen molar-refractivity contribution in [1.29, 1.82) is 0 Å². The van der Waals surface area contributed by atoms with E-state index in [4.69, 9.17) is 4.74 Å². The second-order valence-electron chi connectivity index (χ2n) is 7.42. The summed E-state index contributed by atoms with van der Waals surface area (Å²) in [5, 5.41) is 2.96. The first-order valence-corrected chi connectivity index (χ1v) is 11.3. The Hall–Kier alpha value is -3.32. The molecule has 0 radical (unpaired) electrons. The molecule has 0 unspecified atom stereocenters. The minimum atomic E-state index is -3.81. The standard InChI is InChI=1S/C24H26N2O4S/c1-16-5-8-19(9-6-16)18(3)25-24(27)20-10-7-17(2)23(15-20)26-31(28,29)22-13-11-21(30-4)12-14-22/h5-15,18,26H,1-4H3,(H,25,27)/t18-/m0/s1. The van der Waals surface area contributed by atoms with E-state index in [1.54, 1.807) is 37.3 Å².